The van der Waals surface area contributed by atoms with Gasteiger partial charge in [0, 0.05) is 36.4 Å². The number of nitrogens with one attached hydrogen (secondary N) is 1. The Kier molecular flexibility index (Phi) is 5.73. The Hall–Kier alpha value is -3.62. The van der Waals surface area contributed by atoms with Crippen LogP contribution >= 0.6 is 0 Å². The number of Topliss-reactive ketones (excluding diaryl/α,β-unsaturated/α-hetero) is 1. The molecule has 1 aromatic carbocycles. The molecule has 0 atom stereocenters. The molecule has 1 aliphatic rings. The van der Waals surface area contributed by atoms with Gasteiger partial charge in [0.05, 0.1) is 25.0 Å². The molecule has 4 rings (SSSR count). The monoisotopic (exact) mass is 443 g/mol. The summed E-state index contributed by atoms with van der Waals surface area (Å²) in [6, 6.07) is 11.0. The Balaban J connectivity index is 1.83. The van der Waals surface area contributed by atoms with Gasteiger partial charge in [-0.25, -0.2) is 0 Å². The Morgan fingerprint density at radius 3 is 2.62 bits per heavy atom. The lowest BCUT2D eigenvalue weighted by molar-refractivity contribution is -0.153. The number of fused-ring (bicyclic) bond motifs is 1. The number of alkyl halides is 3. The van der Waals surface area contributed by atoms with Gasteiger partial charge >= 0.3 is 6.18 Å². The molecular formula is C23H20F3N3O3. The average Bonchev–Trinajstić information content (AvgIpc) is 3.11. The fraction of sp³-hybridized carbons (Fsp3) is 0.261. The van der Waals surface area contributed by atoms with E-state index in [1.165, 1.54) is 24.2 Å². The van der Waals surface area contributed by atoms with Crippen molar-refractivity contribution in [3.05, 3.63) is 71.2 Å². The van der Waals surface area contributed by atoms with E-state index in [0.29, 0.717) is 34.5 Å². The number of hydrogen-bond acceptors (Lipinski definition) is 4. The molecule has 0 aliphatic carbocycles. The summed E-state index contributed by atoms with van der Waals surface area (Å²) in [5.41, 5.74) is 3.46. The maximum atomic E-state index is 13.0. The first kappa shape index (κ1) is 21.6. The highest BCUT2D eigenvalue weighted by atomic mass is 19.4. The van der Waals surface area contributed by atoms with E-state index < -0.39 is 12.8 Å². The van der Waals surface area contributed by atoms with Crippen molar-refractivity contribution in [2.45, 2.75) is 26.1 Å². The van der Waals surface area contributed by atoms with Crippen LogP contribution < -0.4 is 4.74 Å². The third kappa shape index (κ3) is 4.51. The van der Waals surface area contributed by atoms with Crippen molar-refractivity contribution in [1.29, 1.82) is 0 Å². The van der Waals surface area contributed by atoms with E-state index in [-0.39, 0.29) is 30.5 Å². The van der Waals surface area contributed by atoms with Gasteiger partial charge in [0.25, 0.3) is 0 Å². The molecule has 32 heavy (non-hydrogen) atoms. The minimum absolute atomic E-state index is 0.0464. The highest BCUT2D eigenvalue weighted by Gasteiger charge is 2.33. The van der Waals surface area contributed by atoms with Crippen LogP contribution in [0.4, 0.5) is 13.2 Å². The van der Waals surface area contributed by atoms with Crippen LogP contribution in [0.1, 0.15) is 34.1 Å². The molecular weight excluding hydrogens is 423 g/mol. The van der Waals surface area contributed by atoms with Crippen LogP contribution in [-0.2, 0) is 17.8 Å². The number of ketones is 1. The minimum atomic E-state index is -4.51. The van der Waals surface area contributed by atoms with Crippen LogP contribution in [0.2, 0.25) is 0 Å². The standard InChI is InChI=1S/C23H20F3N3O3/c1-14(30)29-11-18-21(19(31)12-29)17(9-15-5-3-2-4-6-15)22(28-18)16-7-8-27-10-20(16)32-13-23(24,25)26/h2-8,10,28H,9,11-13H2,1H3. The molecule has 0 unspecified atom stereocenters. The summed E-state index contributed by atoms with van der Waals surface area (Å²) in [5, 5.41) is 0. The number of ether oxygens (including phenoxy) is 1. The predicted octanol–water partition coefficient (Wildman–Crippen LogP) is 4.15. The Morgan fingerprint density at radius 2 is 1.94 bits per heavy atom. The summed E-state index contributed by atoms with van der Waals surface area (Å²) in [7, 11) is 0. The van der Waals surface area contributed by atoms with Crippen LogP contribution in [0.25, 0.3) is 11.3 Å². The smallest absolute Gasteiger partial charge is 0.422 e. The van der Waals surface area contributed by atoms with Crippen LogP contribution in [0.3, 0.4) is 0 Å². The maximum absolute atomic E-state index is 13.0. The largest absolute Gasteiger partial charge is 0.482 e. The first-order valence-electron chi connectivity index (χ1n) is 9.93. The van der Waals surface area contributed by atoms with Crippen molar-refractivity contribution >= 4 is 11.7 Å². The van der Waals surface area contributed by atoms with Crippen LogP contribution in [0, 0.1) is 0 Å². The topological polar surface area (TPSA) is 75.3 Å². The first-order chi connectivity index (χ1) is 15.2. The highest BCUT2D eigenvalue weighted by molar-refractivity contribution is 6.04. The zero-order chi connectivity index (χ0) is 22.9. The third-order valence-electron chi connectivity index (χ3n) is 5.26. The molecule has 2 aromatic heterocycles. The molecule has 166 valence electrons. The summed E-state index contributed by atoms with van der Waals surface area (Å²) in [6.07, 6.45) is -1.45. The molecule has 1 aliphatic heterocycles. The van der Waals surface area contributed by atoms with E-state index >= 15 is 0 Å². The molecule has 1 amide bonds. The van der Waals surface area contributed by atoms with Gasteiger partial charge in [-0.2, -0.15) is 13.2 Å². The van der Waals surface area contributed by atoms with Crippen molar-refractivity contribution in [2.75, 3.05) is 13.2 Å². The summed E-state index contributed by atoms with van der Waals surface area (Å²) >= 11 is 0. The summed E-state index contributed by atoms with van der Waals surface area (Å²) in [4.78, 5) is 33.4. The number of H-pyrrole nitrogens is 1. The van der Waals surface area contributed by atoms with E-state index in [1.54, 1.807) is 6.07 Å². The lowest BCUT2D eigenvalue weighted by Gasteiger charge is -2.25. The molecule has 6 nitrogen and oxygen atoms in total. The number of carbonyl (C=O) groups is 2. The zero-order valence-corrected chi connectivity index (χ0v) is 17.2. The number of carbonyl (C=O) groups excluding carboxylic acids is 2. The van der Waals surface area contributed by atoms with Crippen LogP contribution in [0.5, 0.6) is 5.75 Å². The molecule has 0 saturated carbocycles. The van der Waals surface area contributed by atoms with Crippen LogP contribution in [-0.4, -0.2) is 45.9 Å². The van der Waals surface area contributed by atoms with E-state index in [1.807, 2.05) is 30.3 Å². The van der Waals surface area contributed by atoms with E-state index in [4.69, 9.17) is 4.74 Å². The van der Waals surface area contributed by atoms with E-state index in [2.05, 4.69) is 9.97 Å². The van der Waals surface area contributed by atoms with Gasteiger partial charge in [-0.15, -0.1) is 0 Å². The van der Waals surface area contributed by atoms with Crippen molar-refractivity contribution in [3.8, 4) is 17.0 Å². The maximum Gasteiger partial charge on any atom is 0.422 e. The summed E-state index contributed by atoms with van der Waals surface area (Å²) < 4.78 is 43.3. The quantitative estimate of drug-likeness (QED) is 0.643. The summed E-state index contributed by atoms with van der Waals surface area (Å²) in [6.45, 7) is 0.0906. The van der Waals surface area contributed by atoms with Gasteiger partial charge in [-0.05, 0) is 17.2 Å². The van der Waals surface area contributed by atoms with Gasteiger partial charge in [0.1, 0.15) is 5.75 Å². The second-order valence-corrected chi connectivity index (χ2v) is 7.57. The third-order valence-corrected chi connectivity index (χ3v) is 5.26. The Labute approximate surface area is 182 Å². The predicted molar refractivity (Wildman–Crippen MR) is 110 cm³/mol. The molecule has 9 heteroatoms. The second-order valence-electron chi connectivity index (χ2n) is 7.57. The van der Waals surface area contributed by atoms with Crippen LogP contribution in [0.15, 0.2) is 48.8 Å². The highest BCUT2D eigenvalue weighted by Crippen LogP contribution is 2.37. The van der Waals surface area contributed by atoms with Gasteiger partial charge in [-0.3, -0.25) is 14.6 Å². The fourth-order valence-corrected chi connectivity index (χ4v) is 3.84. The van der Waals surface area contributed by atoms with Crippen molar-refractivity contribution in [2.24, 2.45) is 0 Å². The minimum Gasteiger partial charge on any atom is -0.482 e. The lowest BCUT2D eigenvalue weighted by atomic mass is 9.93. The van der Waals surface area contributed by atoms with Gasteiger partial charge < -0.3 is 14.6 Å². The molecule has 0 spiro atoms. The number of pyridine rings is 1. The number of aromatic amines is 1. The number of benzene rings is 1. The molecule has 0 saturated heterocycles. The Morgan fingerprint density at radius 1 is 1.19 bits per heavy atom. The lowest BCUT2D eigenvalue weighted by Crippen LogP contribution is -2.38. The normalized spacial score (nSPS) is 13.8. The molecule has 0 fully saturated rings. The summed E-state index contributed by atoms with van der Waals surface area (Å²) in [5.74, 6) is -0.502. The second kappa shape index (κ2) is 8.49. The number of amides is 1. The number of hydrogen-bond donors (Lipinski definition) is 1. The van der Waals surface area contributed by atoms with Gasteiger partial charge in [-0.1, -0.05) is 30.3 Å². The van der Waals surface area contributed by atoms with E-state index in [9.17, 15) is 22.8 Å². The zero-order valence-electron chi connectivity index (χ0n) is 17.2. The Bertz CT molecular complexity index is 1160. The molecule has 3 aromatic rings. The number of rotatable bonds is 5. The number of aromatic nitrogens is 2. The molecule has 1 N–H and O–H groups in total. The van der Waals surface area contributed by atoms with Gasteiger partial charge in [0.2, 0.25) is 5.91 Å². The molecule has 0 bridgehead atoms. The van der Waals surface area contributed by atoms with E-state index in [0.717, 1.165) is 5.56 Å². The molecule has 3 heterocycles. The van der Waals surface area contributed by atoms with Gasteiger partial charge in [0.15, 0.2) is 12.4 Å². The van der Waals surface area contributed by atoms with Crippen molar-refractivity contribution in [1.82, 2.24) is 14.9 Å². The SMILES string of the molecule is CC(=O)N1CC(=O)c2c([nH]c(-c3ccncc3OCC(F)(F)F)c2Cc2ccccc2)C1. The van der Waals surface area contributed by atoms with Crippen molar-refractivity contribution < 1.29 is 27.5 Å². The number of halogens is 3. The number of nitrogens with zero attached hydrogens (tertiary/aromatic N) is 2. The average molecular weight is 443 g/mol. The molecule has 0 radical (unpaired) electrons. The first-order valence-corrected chi connectivity index (χ1v) is 9.93. The fourth-order valence-electron chi connectivity index (χ4n) is 3.84. The van der Waals surface area contributed by atoms with Crippen molar-refractivity contribution in [3.63, 3.8) is 0 Å².